The molecule has 0 atom stereocenters. The molecule has 0 aromatic carbocycles. The van der Waals surface area contributed by atoms with Crippen LogP contribution in [0.2, 0.25) is 5.15 Å². The van der Waals surface area contributed by atoms with Gasteiger partial charge >= 0.3 is 0 Å². The van der Waals surface area contributed by atoms with Gasteiger partial charge in [-0.2, -0.15) is 0 Å². The summed E-state index contributed by atoms with van der Waals surface area (Å²) in [5.74, 6) is -0.307. The molecule has 1 amide bonds. The number of ether oxygens (including phenoxy) is 2. The van der Waals surface area contributed by atoms with Gasteiger partial charge in [-0.1, -0.05) is 11.6 Å². The fourth-order valence-corrected chi connectivity index (χ4v) is 2.21. The monoisotopic (exact) mass is 301 g/mol. The quantitative estimate of drug-likeness (QED) is 0.803. The van der Waals surface area contributed by atoms with Crippen LogP contribution in [0.25, 0.3) is 0 Å². The zero-order valence-corrected chi connectivity index (χ0v) is 11.9. The third kappa shape index (κ3) is 3.49. The van der Waals surface area contributed by atoms with Crippen LogP contribution >= 0.6 is 11.6 Å². The van der Waals surface area contributed by atoms with Gasteiger partial charge in [0.15, 0.2) is 5.15 Å². The van der Waals surface area contributed by atoms with Crippen LogP contribution in [-0.2, 0) is 16.1 Å². The Bertz CT molecular complexity index is 540. The Morgan fingerprint density at radius 2 is 2.30 bits per heavy atom. The van der Waals surface area contributed by atoms with E-state index < -0.39 is 5.56 Å². The van der Waals surface area contributed by atoms with Crippen molar-refractivity contribution in [3.8, 4) is 5.75 Å². The summed E-state index contributed by atoms with van der Waals surface area (Å²) in [7, 11) is 1.33. The van der Waals surface area contributed by atoms with E-state index >= 15 is 0 Å². The standard InChI is InChI=1S/C12H16ClN3O4/c1-19-10-11(13)14-7-16(12(10)18)6-9(17)15-8-2-4-20-5-3-8/h7-8H,2-6H2,1H3,(H,15,17). The number of carbonyl (C=O) groups is 1. The number of carbonyl (C=O) groups excluding carboxylic acids is 1. The van der Waals surface area contributed by atoms with E-state index in [1.807, 2.05) is 0 Å². The number of nitrogens with one attached hydrogen (secondary N) is 1. The minimum Gasteiger partial charge on any atom is -0.489 e. The smallest absolute Gasteiger partial charge is 0.297 e. The van der Waals surface area contributed by atoms with Crippen LogP contribution in [0.4, 0.5) is 0 Å². The SMILES string of the molecule is COc1c(Cl)ncn(CC(=O)NC2CCOCC2)c1=O. The second-order valence-corrected chi connectivity index (χ2v) is 4.81. The third-order valence-electron chi connectivity index (χ3n) is 3.06. The van der Waals surface area contributed by atoms with Gasteiger partial charge in [0.25, 0.3) is 5.56 Å². The van der Waals surface area contributed by atoms with Crippen LogP contribution < -0.4 is 15.6 Å². The summed E-state index contributed by atoms with van der Waals surface area (Å²) >= 11 is 5.73. The van der Waals surface area contributed by atoms with Gasteiger partial charge < -0.3 is 14.8 Å². The molecule has 1 aromatic heterocycles. The summed E-state index contributed by atoms with van der Waals surface area (Å²) in [5.41, 5.74) is -0.477. The Balaban J connectivity index is 2.02. The maximum Gasteiger partial charge on any atom is 0.297 e. The Labute approximate surface area is 120 Å². The van der Waals surface area contributed by atoms with Gasteiger partial charge in [0.05, 0.1) is 13.4 Å². The van der Waals surface area contributed by atoms with E-state index in [2.05, 4.69) is 10.3 Å². The summed E-state index contributed by atoms with van der Waals surface area (Å²) in [6.07, 6.45) is 2.79. The number of rotatable bonds is 4. The number of hydrogen-bond acceptors (Lipinski definition) is 5. The van der Waals surface area contributed by atoms with Crippen molar-refractivity contribution < 1.29 is 14.3 Å². The Hall–Kier alpha value is -1.60. The number of nitrogens with zero attached hydrogens (tertiary/aromatic N) is 2. The number of halogens is 1. The summed E-state index contributed by atoms with van der Waals surface area (Å²) in [5, 5.41) is 2.85. The van der Waals surface area contributed by atoms with Crippen molar-refractivity contribution in [3.05, 3.63) is 21.8 Å². The Morgan fingerprint density at radius 1 is 1.60 bits per heavy atom. The average molecular weight is 302 g/mol. The van der Waals surface area contributed by atoms with E-state index in [-0.39, 0.29) is 29.4 Å². The van der Waals surface area contributed by atoms with E-state index in [9.17, 15) is 9.59 Å². The van der Waals surface area contributed by atoms with Crippen molar-refractivity contribution in [2.45, 2.75) is 25.4 Å². The van der Waals surface area contributed by atoms with Crippen LogP contribution in [0.5, 0.6) is 5.75 Å². The molecular weight excluding hydrogens is 286 g/mol. The van der Waals surface area contributed by atoms with E-state index in [1.165, 1.54) is 18.0 Å². The van der Waals surface area contributed by atoms with Crippen molar-refractivity contribution in [2.75, 3.05) is 20.3 Å². The Morgan fingerprint density at radius 3 is 2.95 bits per heavy atom. The Kier molecular flexibility index (Phi) is 4.97. The largest absolute Gasteiger partial charge is 0.489 e. The van der Waals surface area contributed by atoms with Gasteiger partial charge in [0, 0.05) is 19.3 Å². The molecule has 2 heterocycles. The highest BCUT2D eigenvalue weighted by Crippen LogP contribution is 2.14. The highest BCUT2D eigenvalue weighted by atomic mass is 35.5. The lowest BCUT2D eigenvalue weighted by atomic mass is 10.1. The minimum atomic E-state index is -0.477. The molecule has 1 aliphatic heterocycles. The molecule has 0 spiro atoms. The maximum atomic E-state index is 12.0. The van der Waals surface area contributed by atoms with Crippen molar-refractivity contribution >= 4 is 17.5 Å². The molecule has 1 saturated heterocycles. The summed E-state index contributed by atoms with van der Waals surface area (Å²) in [6.45, 7) is 1.17. The van der Waals surface area contributed by atoms with Crippen LogP contribution in [0.1, 0.15) is 12.8 Å². The van der Waals surface area contributed by atoms with Crippen LogP contribution in [0, 0.1) is 0 Å². The van der Waals surface area contributed by atoms with Crippen molar-refractivity contribution in [1.82, 2.24) is 14.9 Å². The lowest BCUT2D eigenvalue weighted by Crippen LogP contribution is -2.41. The second-order valence-electron chi connectivity index (χ2n) is 4.46. The van der Waals surface area contributed by atoms with Gasteiger partial charge in [-0.3, -0.25) is 14.2 Å². The van der Waals surface area contributed by atoms with E-state index in [0.717, 1.165) is 12.8 Å². The maximum absolute atomic E-state index is 12.0. The minimum absolute atomic E-state index is 0.0152. The topological polar surface area (TPSA) is 82.5 Å². The summed E-state index contributed by atoms with van der Waals surface area (Å²) < 4.78 is 11.3. The van der Waals surface area contributed by atoms with Crippen LogP contribution in [-0.4, -0.2) is 41.8 Å². The van der Waals surface area contributed by atoms with Crippen molar-refractivity contribution in [3.63, 3.8) is 0 Å². The number of methoxy groups -OCH3 is 1. The molecule has 110 valence electrons. The predicted molar refractivity (Wildman–Crippen MR) is 72.0 cm³/mol. The lowest BCUT2D eigenvalue weighted by molar-refractivity contribution is -0.123. The summed E-state index contributed by atoms with van der Waals surface area (Å²) in [6, 6.07) is 0.0918. The first-order valence-corrected chi connectivity index (χ1v) is 6.65. The number of hydrogen-bond donors (Lipinski definition) is 1. The molecule has 1 N–H and O–H groups in total. The van der Waals surface area contributed by atoms with Crippen LogP contribution in [0.3, 0.4) is 0 Å². The highest BCUT2D eigenvalue weighted by Gasteiger charge is 2.17. The third-order valence-corrected chi connectivity index (χ3v) is 3.33. The zero-order chi connectivity index (χ0) is 14.5. The molecule has 2 rings (SSSR count). The zero-order valence-electron chi connectivity index (χ0n) is 11.1. The van der Waals surface area contributed by atoms with E-state index in [1.54, 1.807) is 0 Å². The molecule has 7 nitrogen and oxygen atoms in total. The molecule has 0 bridgehead atoms. The first kappa shape index (κ1) is 14.8. The van der Waals surface area contributed by atoms with Crippen molar-refractivity contribution in [1.29, 1.82) is 0 Å². The molecule has 0 aliphatic carbocycles. The molecule has 1 aliphatic rings. The van der Waals surface area contributed by atoms with Gasteiger partial charge in [0.1, 0.15) is 6.54 Å². The number of aromatic nitrogens is 2. The molecule has 1 fully saturated rings. The van der Waals surface area contributed by atoms with E-state index in [0.29, 0.717) is 13.2 Å². The first-order valence-electron chi connectivity index (χ1n) is 6.28. The van der Waals surface area contributed by atoms with Gasteiger partial charge in [-0.25, -0.2) is 4.98 Å². The molecular formula is C12H16ClN3O4. The second kappa shape index (κ2) is 6.71. The molecule has 0 radical (unpaired) electrons. The lowest BCUT2D eigenvalue weighted by Gasteiger charge is -2.23. The normalized spacial score (nSPS) is 15.9. The predicted octanol–water partition coefficient (Wildman–Crippen LogP) is 0.200. The van der Waals surface area contributed by atoms with E-state index in [4.69, 9.17) is 21.1 Å². The van der Waals surface area contributed by atoms with Gasteiger partial charge in [-0.05, 0) is 12.8 Å². The molecule has 20 heavy (non-hydrogen) atoms. The highest BCUT2D eigenvalue weighted by molar-refractivity contribution is 6.30. The molecule has 0 saturated carbocycles. The molecule has 8 heteroatoms. The summed E-state index contributed by atoms with van der Waals surface area (Å²) in [4.78, 5) is 27.7. The van der Waals surface area contributed by atoms with Crippen LogP contribution in [0.15, 0.2) is 11.1 Å². The molecule has 1 aromatic rings. The number of amides is 1. The van der Waals surface area contributed by atoms with Gasteiger partial charge in [0.2, 0.25) is 11.7 Å². The molecule has 0 unspecified atom stereocenters. The van der Waals surface area contributed by atoms with Gasteiger partial charge in [-0.15, -0.1) is 0 Å². The van der Waals surface area contributed by atoms with Crippen molar-refractivity contribution in [2.24, 2.45) is 0 Å². The fraction of sp³-hybridized carbons (Fsp3) is 0.583. The average Bonchev–Trinajstić information content (AvgIpc) is 2.44. The first-order chi connectivity index (χ1) is 9.61. The fourth-order valence-electron chi connectivity index (χ4n) is 2.00.